The Hall–Kier alpha value is -2.52. The van der Waals surface area contributed by atoms with E-state index in [1.54, 1.807) is 25.3 Å². The molecule has 6 heteroatoms. The summed E-state index contributed by atoms with van der Waals surface area (Å²) in [7, 11) is 1.60. The summed E-state index contributed by atoms with van der Waals surface area (Å²) in [5.74, 6) is 0.824. The summed E-state index contributed by atoms with van der Waals surface area (Å²) in [6.07, 6.45) is 2.22. The Kier molecular flexibility index (Phi) is 9.02. The summed E-state index contributed by atoms with van der Waals surface area (Å²) in [6.45, 7) is 5.82. The fourth-order valence-corrected chi connectivity index (χ4v) is 1.99. The van der Waals surface area contributed by atoms with Crippen LogP contribution in [0.5, 0.6) is 11.5 Å². The van der Waals surface area contributed by atoms with Gasteiger partial charge in [0, 0.05) is 20.3 Å². The Morgan fingerprint density at radius 3 is 2.58 bits per heavy atom. The molecule has 0 aliphatic heterocycles. The highest BCUT2D eigenvalue weighted by molar-refractivity contribution is 6.01. The Morgan fingerprint density at radius 2 is 1.96 bits per heavy atom. The van der Waals surface area contributed by atoms with Crippen LogP contribution in [-0.2, 0) is 9.53 Å². The highest BCUT2D eigenvalue weighted by Crippen LogP contribution is 2.29. The van der Waals surface area contributed by atoms with Crippen molar-refractivity contribution in [1.29, 1.82) is 5.26 Å². The van der Waals surface area contributed by atoms with Gasteiger partial charge < -0.3 is 19.5 Å². The Bertz CT molecular complexity index is 606. The summed E-state index contributed by atoms with van der Waals surface area (Å²) >= 11 is 0. The van der Waals surface area contributed by atoms with Crippen LogP contribution >= 0.6 is 0 Å². The highest BCUT2D eigenvalue weighted by atomic mass is 16.5. The number of carbonyl (C=O) groups is 1. The number of nitrogens with zero attached hydrogens (tertiary/aromatic N) is 1. The van der Waals surface area contributed by atoms with Crippen molar-refractivity contribution < 1.29 is 19.0 Å². The van der Waals surface area contributed by atoms with E-state index in [1.807, 2.05) is 19.9 Å². The molecule has 0 aromatic heterocycles. The summed E-state index contributed by atoms with van der Waals surface area (Å²) < 4.78 is 16.0. The third kappa shape index (κ3) is 6.31. The topological polar surface area (TPSA) is 80.6 Å². The van der Waals surface area contributed by atoms with Gasteiger partial charge in [-0.3, -0.25) is 4.79 Å². The zero-order valence-electron chi connectivity index (χ0n) is 14.4. The summed E-state index contributed by atoms with van der Waals surface area (Å²) in [6, 6.07) is 7.23. The second kappa shape index (κ2) is 11.1. The van der Waals surface area contributed by atoms with Crippen LogP contribution in [-0.4, -0.2) is 39.4 Å². The predicted octanol–water partition coefficient (Wildman–Crippen LogP) is 2.54. The molecular weight excluding hydrogens is 308 g/mol. The first-order valence-corrected chi connectivity index (χ1v) is 7.94. The summed E-state index contributed by atoms with van der Waals surface area (Å²) in [5, 5.41) is 11.9. The molecule has 0 radical (unpaired) electrons. The van der Waals surface area contributed by atoms with Gasteiger partial charge in [0.15, 0.2) is 11.5 Å². The lowest BCUT2D eigenvalue weighted by molar-refractivity contribution is -0.117. The fraction of sp³-hybridized carbons (Fsp3) is 0.444. The number of amides is 1. The molecule has 1 aromatic rings. The molecule has 130 valence electrons. The standard InChI is InChI=1S/C18H24N2O4/c1-4-23-16-8-7-14(12-17(16)24-5-2)11-15(13-19)18(21)20-9-6-10-22-3/h7-8,11-12H,4-6,9-10H2,1-3H3,(H,20,21)/b15-11+. The molecule has 1 N–H and O–H groups in total. The van der Waals surface area contributed by atoms with E-state index < -0.39 is 5.91 Å². The third-order valence-corrected chi connectivity index (χ3v) is 3.05. The van der Waals surface area contributed by atoms with Gasteiger partial charge in [-0.05, 0) is 44.0 Å². The van der Waals surface area contributed by atoms with Crippen molar-refractivity contribution >= 4 is 12.0 Å². The minimum absolute atomic E-state index is 0.0408. The van der Waals surface area contributed by atoms with E-state index in [1.165, 1.54) is 6.08 Å². The van der Waals surface area contributed by atoms with Crippen molar-refractivity contribution in [3.63, 3.8) is 0 Å². The number of methoxy groups -OCH3 is 1. The predicted molar refractivity (Wildman–Crippen MR) is 91.9 cm³/mol. The number of hydrogen-bond donors (Lipinski definition) is 1. The van der Waals surface area contributed by atoms with E-state index in [0.29, 0.717) is 49.8 Å². The maximum atomic E-state index is 12.0. The van der Waals surface area contributed by atoms with Crippen LogP contribution < -0.4 is 14.8 Å². The van der Waals surface area contributed by atoms with Gasteiger partial charge in [-0.2, -0.15) is 5.26 Å². The molecule has 0 bridgehead atoms. The molecule has 0 aliphatic rings. The maximum Gasteiger partial charge on any atom is 0.261 e. The number of benzene rings is 1. The van der Waals surface area contributed by atoms with E-state index in [-0.39, 0.29) is 5.57 Å². The molecule has 24 heavy (non-hydrogen) atoms. The van der Waals surface area contributed by atoms with Crippen molar-refractivity contribution in [3.8, 4) is 17.6 Å². The van der Waals surface area contributed by atoms with Crippen molar-refractivity contribution in [3.05, 3.63) is 29.3 Å². The molecule has 1 aromatic carbocycles. The van der Waals surface area contributed by atoms with Crippen molar-refractivity contribution in [2.45, 2.75) is 20.3 Å². The lowest BCUT2D eigenvalue weighted by atomic mass is 10.1. The zero-order chi connectivity index (χ0) is 17.8. The van der Waals surface area contributed by atoms with Crippen molar-refractivity contribution in [2.24, 2.45) is 0 Å². The molecule has 0 aliphatic carbocycles. The zero-order valence-corrected chi connectivity index (χ0v) is 14.4. The Labute approximate surface area is 143 Å². The first-order valence-electron chi connectivity index (χ1n) is 7.94. The minimum atomic E-state index is -0.402. The average molecular weight is 332 g/mol. The number of nitriles is 1. The van der Waals surface area contributed by atoms with E-state index in [2.05, 4.69) is 5.32 Å². The van der Waals surface area contributed by atoms with E-state index in [4.69, 9.17) is 14.2 Å². The molecule has 1 rings (SSSR count). The SMILES string of the molecule is CCOc1ccc(/C=C(\C#N)C(=O)NCCCOC)cc1OCC. The van der Waals surface area contributed by atoms with Crippen molar-refractivity contribution in [1.82, 2.24) is 5.32 Å². The Balaban J connectivity index is 2.89. The molecular formula is C18H24N2O4. The number of hydrogen-bond acceptors (Lipinski definition) is 5. The smallest absolute Gasteiger partial charge is 0.261 e. The molecule has 0 saturated carbocycles. The van der Waals surface area contributed by atoms with Gasteiger partial charge in [-0.15, -0.1) is 0 Å². The second-order valence-electron chi connectivity index (χ2n) is 4.84. The first kappa shape index (κ1) is 19.5. The summed E-state index contributed by atoms with van der Waals surface area (Å²) in [5.41, 5.74) is 0.740. The van der Waals surface area contributed by atoms with Gasteiger partial charge in [0.25, 0.3) is 5.91 Å². The van der Waals surface area contributed by atoms with Gasteiger partial charge in [-0.1, -0.05) is 6.07 Å². The number of rotatable bonds is 10. The van der Waals surface area contributed by atoms with Gasteiger partial charge >= 0.3 is 0 Å². The lowest BCUT2D eigenvalue weighted by Gasteiger charge is -2.11. The van der Waals surface area contributed by atoms with Crippen LogP contribution in [0.3, 0.4) is 0 Å². The highest BCUT2D eigenvalue weighted by Gasteiger charge is 2.10. The quantitative estimate of drug-likeness (QED) is 0.404. The first-order chi connectivity index (χ1) is 11.7. The van der Waals surface area contributed by atoms with Gasteiger partial charge in [-0.25, -0.2) is 0 Å². The maximum absolute atomic E-state index is 12.0. The minimum Gasteiger partial charge on any atom is -0.490 e. The van der Waals surface area contributed by atoms with Crippen LogP contribution in [0.4, 0.5) is 0 Å². The number of ether oxygens (including phenoxy) is 3. The van der Waals surface area contributed by atoms with Crippen LogP contribution in [0.2, 0.25) is 0 Å². The molecule has 0 unspecified atom stereocenters. The fourth-order valence-electron chi connectivity index (χ4n) is 1.99. The van der Waals surface area contributed by atoms with Crippen LogP contribution in [0.15, 0.2) is 23.8 Å². The molecule has 0 heterocycles. The molecule has 0 spiro atoms. The Morgan fingerprint density at radius 1 is 1.25 bits per heavy atom. The van der Waals surface area contributed by atoms with Crippen LogP contribution in [0, 0.1) is 11.3 Å². The van der Waals surface area contributed by atoms with Gasteiger partial charge in [0.05, 0.1) is 13.2 Å². The molecule has 6 nitrogen and oxygen atoms in total. The van der Waals surface area contributed by atoms with Crippen LogP contribution in [0.1, 0.15) is 25.8 Å². The van der Waals surface area contributed by atoms with Gasteiger partial charge in [0.2, 0.25) is 0 Å². The average Bonchev–Trinajstić information content (AvgIpc) is 2.59. The normalized spacial score (nSPS) is 10.8. The monoisotopic (exact) mass is 332 g/mol. The van der Waals surface area contributed by atoms with Crippen molar-refractivity contribution in [2.75, 3.05) is 33.5 Å². The molecule has 0 atom stereocenters. The molecule has 1 amide bonds. The van der Waals surface area contributed by atoms with Crippen LogP contribution in [0.25, 0.3) is 6.08 Å². The molecule has 0 fully saturated rings. The van der Waals surface area contributed by atoms with E-state index in [0.717, 1.165) is 0 Å². The van der Waals surface area contributed by atoms with Gasteiger partial charge in [0.1, 0.15) is 11.6 Å². The molecule has 0 saturated heterocycles. The van der Waals surface area contributed by atoms with E-state index >= 15 is 0 Å². The largest absolute Gasteiger partial charge is 0.490 e. The van der Waals surface area contributed by atoms with E-state index in [9.17, 15) is 10.1 Å². The second-order valence-corrected chi connectivity index (χ2v) is 4.84. The lowest BCUT2D eigenvalue weighted by Crippen LogP contribution is -2.26. The third-order valence-electron chi connectivity index (χ3n) is 3.05. The number of carbonyl (C=O) groups excluding carboxylic acids is 1. The number of nitrogens with one attached hydrogen (secondary N) is 1. The summed E-state index contributed by atoms with van der Waals surface area (Å²) in [4.78, 5) is 12.0.